The Kier molecular flexibility index (Phi) is 5.15. The maximum absolute atomic E-state index is 11.4. The number of nitrogens with two attached hydrogens (primary N) is 1. The second kappa shape index (κ2) is 6.39. The highest BCUT2D eigenvalue weighted by molar-refractivity contribution is 5.88. The van der Waals surface area contributed by atoms with Crippen molar-refractivity contribution in [3.8, 4) is 0 Å². The third kappa shape index (κ3) is 3.85. The molecular formula is C12H20N2O3. The number of nitrogens with zero attached hydrogens (tertiary/aromatic N) is 1. The molecule has 0 aliphatic carbocycles. The van der Waals surface area contributed by atoms with Crippen LogP contribution in [0.2, 0.25) is 0 Å². The molecule has 0 aromatic carbocycles. The van der Waals surface area contributed by atoms with E-state index in [2.05, 4.69) is 6.58 Å². The third-order valence-electron chi connectivity index (χ3n) is 2.90. The molecule has 1 amide bonds. The van der Waals surface area contributed by atoms with Crippen molar-refractivity contribution in [2.45, 2.75) is 32.2 Å². The number of esters is 1. The Morgan fingerprint density at radius 3 is 2.76 bits per heavy atom. The van der Waals surface area contributed by atoms with Crippen molar-refractivity contribution in [1.82, 2.24) is 4.90 Å². The largest absolute Gasteiger partial charge is 0.463 e. The molecule has 1 aliphatic heterocycles. The Labute approximate surface area is 102 Å². The molecule has 0 radical (unpaired) electrons. The predicted octanol–water partition coefficient (Wildman–Crippen LogP) is 0.445. The van der Waals surface area contributed by atoms with E-state index in [0.29, 0.717) is 18.7 Å². The first kappa shape index (κ1) is 13.7. The van der Waals surface area contributed by atoms with Crippen LogP contribution in [-0.4, -0.2) is 42.5 Å². The topological polar surface area (TPSA) is 72.6 Å². The number of carbonyl (C=O) groups is 2. The molecule has 17 heavy (non-hydrogen) atoms. The van der Waals surface area contributed by atoms with Gasteiger partial charge in [-0.2, -0.15) is 0 Å². The second-order valence-corrected chi connectivity index (χ2v) is 4.21. The maximum atomic E-state index is 11.4. The number of carbonyl (C=O) groups excluding carboxylic acids is 2. The Balaban J connectivity index is 2.55. The van der Waals surface area contributed by atoms with Crippen molar-refractivity contribution < 1.29 is 14.3 Å². The summed E-state index contributed by atoms with van der Waals surface area (Å²) in [6, 6.07) is -0.282. The summed E-state index contributed by atoms with van der Waals surface area (Å²) in [4.78, 5) is 24.6. The Bertz CT molecular complexity index is 315. The second-order valence-electron chi connectivity index (χ2n) is 4.21. The molecule has 5 nitrogen and oxygen atoms in total. The summed E-state index contributed by atoms with van der Waals surface area (Å²) in [5.41, 5.74) is 5.72. The quantitative estimate of drug-likeness (QED) is 0.559. The first-order valence-corrected chi connectivity index (χ1v) is 5.94. The lowest BCUT2D eigenvalue weighted by Crippen LogP contribution is -2.48. The highest BCUT2D eigenvalue weighted by Gasteiger charge is 2.28. The zero-order valence-corrected chi connectivity index (χ0v) is 10.3. The molecule has 1 heterocycles. The molecule has 1 saturated heterocycles. The molecule has 0 bridgehead atoms. The summed E-state index contributed by atoms with van der Waals surface area (Å²) < 4.78 is 4.86. The van der Waals surface area contributed by atoms with Gasteiger partial charge in [0.2, 0.25) is 5.91 Å². The van der Waals surface area contributed by atoms with E-state index in [1.807, 2.05) is 4.90 Å². The first-order valence-electron chi connectivity index (χ1n) is 5.94. The van der Waals surface area contributed by atoms with Gasteiger partial charge in [0.1, 0.15) is 0 Å². The third-order valence-corrected chi connectivity index (χ3v) is 2.90. The number of hydrogen-bond acceptors (Lipinski definition) is 4. The van der Waals surface area contributed by atoms with E-state index < -0.39 is 5.97 Å². The molecule has 1 aliphatic rings. The van der Waals surface area contributed by atoms with Gasteiger partial charge in [-0.3, -0.25) is 9.69 Å². The molecule has 1 unspecified atom stereocenters. The lowest BCUT2D eigenvalue weighted by Gasteiger charge is -2.33. The lowest BCUT2D eigenvalue weighted by atomic mass is 10.0. The fourth-order valence-electron chi connectivity index (χ4n) is 2.05. The van der Waals surface area contributed by atoms with Gasteiger partial charge in [-0.25, -0.2) is 4.79 Å². The van der Waals surface area contributed by atoms with Gasteiger partial charge in [-0.05, 0) is 26.3 Å². The molecule has 0 spiro atoms. The van der Waals surface area contributed by atoms with Crippen LogP contribution in [0.25, 0.3) is 0 Å². The van der Waals surface area contributed by atoms with Gasteiger partial charge in [-0.15, -0.1) is 0 Å². The van der Waals surface area contributed by atoms with E-state index in [1.54, 1.807) is 6.92 Å². The first-order chi connectivity index (χ1) is 8.06. The van der Waals surface area contributed by atoms with Crippen LogP contribution in [-0.2, 0) is 14.3 Å². The average Bonchev–Trinajstić information content (AvgIpc) is 2.29. The van der Waals surface area contributed by atoms with Crippen LogP contribution in [0.5, 0.6) is 0 Å². The van der Waals surface area contributed by atoms with Gasteiger partial charge in [0.25, 0.3) is 0 Å². The zero-order chi connectivity index (χ0) is 12.8. The fraction of sp³-hybridized carbons (Fsp3) is 0.667. The fourth-order valence-corrected chi connectivity index (χ4v) is 2.05. The van der Waals surface area contributed by atoms with E-state index in [4.69, 9.17) is 10.5 Å². The number of hydrogen-bond donors (Lipinski definition) is 1. The molecule has 1 rings (SSSR count). The minimum atomic E-state index is -0.402. The standard InChI is InChI=1S/C12H20N2O3/c1-3-17-12(16)9(2)8-14-7-5-4-6-10(14)11(13)15/h10H,2-8H2,1H3,(H2,13,15). The summed E-state index contributed by atoms with van der Waals surface area (Å²) in [6.45, 7) is 6.90. The molecule has 5 heteroatoms. The molecule has 96 valence electrons. The van der Waals surface area contributed by atoms with Crippen molar-refractivity contribution in [3.05, 3.63) is 12.2 Å². The Morgan fingerprint density at radius 2 is 2.18 bits per heavy atom. The summed E-state index contributed by atoms with van der Waals surface area (Å²) in [5, 5.41) is 0. The number of primary amides is 1. The Morgan fingerprint density at radius 1 is 1.47 bits per heavy atom. The van der Waals surface area contributed by atoms with Crippen molar-refractivity contribution in [2.24, 2.45) is 5.73 Å². The summed E-state index contributed by atoms with van der Waals surface area (Å²) >= 11 is 0. The summed E-state index contributed by atoms with van der Waals surface area (Å²) in [6.07, 6.45) is 2.77. The van der Waals surface area contributed by atoms with Crippen molar-refractivity contribution in [2.75, 3.05) is 19.7 Å². The van der Waals surface area contributed by atoms with Crippen LogP contribution >= 0.6 is 0 Å². The van der Waals surface area contributed by atoms with E-state index in [9.17, 15) is 9.59 Å². The molecule has 1 fully saturated rings. The van der Waals surface area contributed by atoms with Crippen LogP contribution in [0, 0.1) is 0 Å². The van der Waals surface area contributed by atoms with Crippen molar-refractivity contribution in [3.63, 3.8) is 0 Å². The molecule has 2 N–H and O–H groups in total. The minimum absolute atomic E-state index is 0.282. The van der Waals surface area contributed by atoms with Gasteiger partial charge >= 0.3 is 5.97 Å². The van der Waals surface area contributed by atoms with E-state index in [-0.39, 0.29) is 11.9 Å². The molecule has 0 aromatic heterocycles. The number of ether oxygens (including phenoxy) is 1. The number of likely N-dealkylation sites (tertiary alicyclic amines) is 1. The number of piperidine rings is 1. The number of amides is 1. The molecular weight excluding hydrogens is 220 g/mol. The summed E-state index contributed by atoms with van der Waals surface area (Å²) in [7, 11) is 0. The van der Waals surface area contributed by atoms with Crippen LogP contribution in [0.1, 0.15) is 26.2 Å². The van der Waals surface area contributed by atoms with Crippen LogP contribution < -0.4 is 5.73 Å². The molecule has 1 atom stereocenters. The Hall–Kier alpha value is -1.36. The van der Waals surface area contributed by atoms with E-state index in [1.165, 1.54) is 0 Å². The highest BCUT2D eigenvalue weighted by atomic mass is 16.5. The van der Waals surface area contributed by atoms with Gasteiger partial charge in [-0.1, -0.05) is 13.0 Å². The number of rotatable bonds is 5. The lowest BCUT2D eigenvalue weighted by molar-refractivity contribution is -0.139. The van der Waals surface area contributed by atoms with Crippen LogP contribution in [0.4, 0.5) is 0 Å². The van der Waals surface area contributed by atoms with Crippen molar-refractivity contribution >= 4 is 11.9 Å². The molecule has 0 saturated carbocycles. The van der Waals surface area contributed by atoms with Gasteiger partial charge < -0.3 is 10.5 Å². The SMILES string of the molecule is C=C(CN1CCCCC1C(N)=O)C(=O)OCC. The predicted molar refractivity (Wildman–Crippen MR) is 64.2 cm³/mol. The highest BCUT2D eigenvalue weighted by Crippen LogP contribution is 2.17. The average molecular weight is 240 g/mol. The molecule has 0 aromatic rings. The smallest absolute Gasteiger partial charge is 0.334 e. The monoisotopic (exact) mass is 240 g/mol. The summed E-state index contributed by atoms with van der Waals surface area (Å²) in [5.74, 6) is -0.734. The normalized spacial score (nSPS) is 20.9. The van der Waals surface area contributed by atoms with Crippen LogP contribution in [0.15, 0.2) is 12.2 Å². The van der Waals surface area contributed by atoms with Crippen molar-refractivity contribution in [1.29, 1.82) is 0 Å². The van der Waals surface area contributed by atoms with E-state index in [0.717, 1.165) is 25.8 Å². The zero-order valence-electron chi connectivity index (χ0n) is 10.3. The van der Waals surface area contributed by atoms with Gasteiger partial charge in [0, 0.05) is 12.1 Å². The maximum Gasteiger partial charge on any atom is 0.334 e. The van der Waals surface area contributed by atoms with Gasteiger partial charge in [0.05, 0.1) is 12.6 Å². The van der Waals surface area contributed by atoms with Crippen LogP contribution in [0.3, 0.4) is 0 Å². The van der Waals surface area contributed by atoms with E-state index >= 15 is 0 Å². The van der Waals surface area contributed by atoms with Gasteiger partial charge in [0.15, 0.2) is 0 Å². The minimum Gasteiger partial charge on any atom is -0.463 e.